The Labute approximate surface area is 284 Å². The molecular formula is C45H38N2S. The Balaban J connectivity index is 1.17. The van der Waals surface area contributed by atoms with Crippen molar-refractivity contribution in [3.8, 4) is 16.8 Å². The van der Waals surface area contributed by atoms with Crippen LogP contribution in [-0.2, 0) is 10.8 Å². The molecular weight excluding hydrogens is 601 g/mol. The first-order valence-corrected chi connectivity index (χ1v) is 17.9. The first-order chi connectivity index (χ1) is 23.1. The van der Waals surface area contributed by atoms with Crippen LogP contribution in [0.4, 0.5) is 0 Å². The van der Waals surface area contributed by atoms with Gasteiger partial charge in [0.05, 0.1) is 21.4 Å². The fourth-order valence-corrected chi connectivity index (χ4v) is 10.1. The molecule has 10 rings (SSSR count). The van der Waals surface area contributed by atoms with E-state index in [0.29, 0.717) is 0 Å². The largest absolute Gasteiger partial charge is 0.355 e. The van der Waals surface area contributed by atoms with Crippen LogP contribution < -0.4 is 0 Å². The number of aromatic nitrogens is 2. The van der Waals surface area contributed by atoms with E-state index in [1.807, 2.05) is 11.3 Å². The highest BCUT2D eigenvalue weighted by Crippen LogP contribution is 2.62. The van der Waals surface area contributed by atoms with Gasteiger partial charge in [-0.2, -0.15) is 0 Å². The van der Waals surface area contributed by atoms with Gasteiger partial charge in [-0.1, -0.05) is 102 Å². The summed E-state index contributed by atoms with van der Waals surface area (Å²) in [5.41, 5.74) is 11.9. The Morgan fingerprint density at radius 3 is 1.94 bits per heavy atom. The van der Waals surface area contributed by atoms with Crippen molar-refractivity contribution in [3.63, 3.8) is 0 Å². The molecule has 0 aliphatic heterocycles. The van der Waals surface area contributed by atoms with Crippen LogP contribution in [0.15, 0.2) is 115 Å². The summed E-state index contributed by atoms with van der Waals surface area (Å²) in [5.74, 6) is 0. The zero-order chi connectivity index (χ0) is 32.7. The molecule has 1 N–H and O–H groups in total. The fraction of sp³-hybridized carbons (Fsp3) is 0.200. The lowest BCUT2D eigenvalue weighted by Crippen LogP contribution is -2.42. The van der Waals surface area contributed by atoms with Crippen LogP contribution in [-0.4, -0.2) is 9.55 Å². The average molecular weight is 639 g/mol. The van der Waals surface area contributed by atoms with Gasteiger partial charge in [0.15, 0.2) is 0 Å². The molecule has 2 nitrogen and oxygen atoms in total. The number of aromatic amines is 1. The predicted molar refractivity (Wildman–Crippen MR) is 208 cm³/mol. The van der Waals surface area contributed by atoms with E-state index in [2.05, 4.69) is 166 Å². The summed E-state index contributed by atoms with van der Waals surface area (Å²) in [5, 5.41) is 7.83. The fourth-order valence-electron chi connectivity index (χ4n) is 8.94. The molecule has 0 fully saturated rings. The van der Waals surface area contributed by atoms with Crippen molar-refractivity contribution in [1.29, 1.82) is 0 Å². The minimum Gasteiger partial charge on any atom is -0.355 e. The van der Waals surface area contributed by atoms with Crippen molar-refractivity contribution in [1.82, 2.24) is 9.55 Å². The zero-order valence-corrected chi connectivity index (χ0v) is 29.1. The van der Waals surface area contributed by atoms with Crippen LogP contribution in [0.3, 0.4) is 0 Å². The minimum atomic E-state index is 0.0701. The Kier molecular flexibility index (Phi) is 5.39. The Morgan fingerprint density at radius 1 is 0.500 bits per heavy atom. The SMILES string of the molecule is CC1(C)c2cc3[nH]c4ccc(-c5ccc6c(c5)c5ccccc5n6-c5cccc6c5sc5ccccc56)cc4c3cc2C(C)(C)C1(C)C. The molecule has 9 aromatic rings. The highest BCUT2D eigenvalue weighted by molar-refractivity contribution is 7.26. The molecule has 0 saturated carbocycles. The van der Waals surface area contributed by atoms with E-state index >= 15 is 0 Å². The van der Waals surface area contributed by atoms with Gasteiger partial charge >= 0.3 is 0 Å². The molecule has 0 bridgehead atoms. The van der Waals surface area contributed by atoms with Crippen molar-refractivity contribution in [2.24, 2.45) is 5.41 Å². The van der Waals surface area contributed by atoms with Gasteiger partial charge in [-0.25, -0.2) is 0 Å². The molecule has 0 saturated heterocycles. The van der Waals surface area contributed by atoms with E-state index in [-0.39, 0.29) is 16.2 Å². The number of nitrogens with zero attached hydrogens (tertiary/aromatic N) is 1. The van der Waals surface area contributed by atoms with E-state index in [0.717, 1.165) is 0 Å². The van der Waals surface area contributed by atoms with Crippen molar-refractivity contribution >= 4 is 75.1 Å². The molecule has 3 heteroatoms. The molecule has 6 aromatic carbocycles. The topological polar surface area (TPSA) is 20.7 Å². The molecule has 0 amide bonds. The third kappa shape index (κ3) is 3.42. The first-order valence-electron chi connectivity index (χ1n) is 17.1. The van der Waals surface area contributed by atoms with Gasteiger partial charge in [0.2, 0.25) is 0 Å². The molecule has 0 atom stereocenters. The second-order valence-corrected chi connectivity index (χ2v) is 16.6. The third-order valence-corrected chi connectivity index (χ3v) is 14.0. The van der Waals surface area contributed by atoms with Crippen LogP contribution in [0.1, 0.15) is 52.7 Å². The number of H-pyrrole nitrogens is 1. The maximum absolute atomic E-state index is 3.78. The molecule has 48 heavy (non-hydrogen) atoms. The monoisotopic (exact) mass is 638 g/mol. The maximum Gasteiger partial charge on any atom is 0.0640 e. The van der Waals surface area contributed by atoms with E-state index in [4.69, 9.17) is 0 Å². The number of thiophene rings is 1. The Hall–Kier alpha value is -4.86. The van der Waals surface area contributed by atoms with Crippen LogP contribution in [0.2, 0.25) is 0 Å². The molecule has 1 aliphatic rings. The Bertz CT molecular complexity index is 2810. The zero-order valence-electron chi connectivity index (χ0n) is 28.3. The third-order valence-electron chi connectivity index (χ3n) is 12.8. The molecule has 0 unspecified atom stereocenters. The summed E-state index contributed by atoms with van der Waals surface area (Å²) in [4.78, 5) is 3.78. The van der Waals surface area contributed by atoms with Crippen LogP contribution >= 0.6 is 11.3 Å². The molecule has 1 aliphatic carbocycles. The van der Waals surface area contributed by atoms with Gasteiger partial charge in [-0.3, -0.25) is 0 Å². The lowest BCUT2D eigenvalue weighted by atomic mass is 9.59. The average Bonchev–Trinajstić information content (AvgIpc) is 3.78. The molecule has 3 heterocycles. The van der Waals surface area contributed by atoms with Crippen molar-refractivity contribution < 1.29 is 0 Å². The number of hydrogen-bond donors (Lipinski definition) is 1. The summed E-state index contributed by atoms with van der Waals surface area (Å²) < 4.78 is 5.13. The normalized spacial score (nSPS) is 16.6. The van der Waals surface area contributed by atoms with Crippen molar-refractivity contribution in [3.05, 3.63) is 126 Å². The van der Waals surface area contributed by atoms with E-state index in [9.17, 15) is 0 Å². The summed E-state index contributed by atoms with van der Waals surface area (Å²) in [6.07, 6.45) is 0. The standard InChI is InChI=1S/C45H38N2S/c1-43(2)34-24-32-31-22-26(18-20-36(31)46-37(32)25-35(34)44(3,4)45(43,5)6)27-19-21-39-33(23-27)28-12-7-9-15-38(28)47(39)40-16-11-14-30-29-13-8-10-17-41(29)48-42(30)40/h7-25,46H,1-6H3. The second-order valence-electron chi connectivity index (χ2n) is 15.5. The summed E-state index contributed by atoms with van der Waals surface area (Å²) in [6, 6.07) is 43.3. The first kappa shape index (κ1) is 28.2. The molecule has 0 radical (unpaired) electrons. The Morgan fingerprint density at radius 2 is 1.12 bits per heavy atom. The van der Waals surface area contributed by atoms with Gasteiger partial charge in [-0.15, -0.1) is 11.3 Å². The molecule has 234 valence electrons. The van der Waals surface area contributed by atoms with Crippen molar-refractivity contribution in [2.75, 3.05) is 0 Å². The van der Waals surface area contributed by atoms with E-state index in [1.54, 1.807) is 0 Å². The van der Waals surface area contributed by atoms with Gasteiger partial charge in [0.25, 0.3) is 0 Å². The minimum absolute atomic E-state index is 0.0701. The smallest absolute Gasteiger partial charge is 0.0640 e. The van der Waals surface area contributed by atoms with E-state index < -0.39 is 0 Å². The summed E-state index contributed by atoms with van der Waals surface area (Å²) >= 11 is 1.89. The number of para-hydroxylation sites is 1. The predicted octanol–water partition coefficient (Wildman–Crippen LogP) is 13.0. The van der Waals surface area contributed by atoms with Crippen LogP contribution in [0.5, 0.6) is 0 Å². The highest BCUT2D eigenvalue weighted by Gasteiger charge is 2.56. The number of rotatable bonds is 2. The van der Waals surface area contributed by atoms with E-state index in [1.165, 1.54) is 91.7 Å². The lowest BCUT2D eigenvalue weighted by Gasteiger charge is -2.44. The summed E-state index contributed by atoms with van der Waals surface area (Å²) in [7, 11) is 0. The van der Waals surface area contributed by atoms with Crippen LogP contribution in [0, 0.1) is 5.41 Å². The maximum atomic E-state index is 3.78. The van der Waals surface area contributed by atoms with Gasteiger partial charge in [0, 0.05) is 48.1 Å². The lowest BCUT2D eigenvalue weighted by molar-refractivity contribution is 0.125. The number of benzene rings is 6. The molecule has 3 aromatic heterocycles. The number of fused-ring (bicyclic) bond motifs is 10. The highest BCUT2D eigenvalue weighted by atomic mass is 32.1. The number of hydrogen-bond acceptors (Lipinski definition) is 1. The van der Waals surface area contributed by atoms with Gasteiger partial charge < -0.3 is 9.55 Å². The number of nitrogens with one attached hydrogen (secondary N) is 1. The second kappa shape index (κ2) is 9.18. The molecule has 0 spiro atoms. The van der Waals surface area contributed by atoms with Crippen LogP contribution in [0.25, 0.3) is 80.6 Å². The van der Waals surface area contributed by atoms with Crippen molar-refractivity contribution in [2.45, 2.75) is 52.4 Å². The van der Waals surface area contributed by atoms with Gasteiger partial charge in [-0.05, 0) is 93.1 Å². The van der Waals surface area contributed by atoms with Gasteiger partial charge in [0.1, 0.15) is 0 Å². The quantitative estimate of drug-likeness (QED) is 0.194. The summed E-state index contributed by atoms with van der Waals surface area (Å²) in [6.45, 7) is 14.6.